The Morgan fingerprint density at radius 3 is 2.72 bits per heavy atom. The number of furan rings is 1. The van der Waals surface area contributed by atoms with Gasteiger partial charge in [0.1, 0.15) is 17.1 Å². The van der Waals surface area contributed by atoms with Crippen LogP contribution in [0.1, 0.15) is 12.2 Å². The summed E-state index contributed by atoms with van der Waals surface area (Å²) in [5.74, 6) is 2.03. The number of fused-ring (bicyclic) bond motifs is 4. The first-order valence-electron chi connectivity index (χ1n) is 8.71. The van der Waals surface area contributed by atoms with Crippen molar-refractivity contribution in [2.24, 2.45) is 0 Å². The monoisotopic (exact) mass is 324 g/mol. The highest BCUT2D eigenvalue weighted by Gasteiger charge is 2.19. The highest BCUT2D eigenvalue weighted by Crippen LogP contribution is 2.37. The van der Waals surface area contributed by atoms with Crippen molar-refractivity contribution in [1.29, 1.82) is 0 Å². The van der Waals surface area contributed by atoms with Crippen molar-refractivity contribution in [3.05, 3.63) is 59.5 Å². The maximum absolute atomic E-state index is 6.19. The number of benzene rings is 4. The predicted molar refractivity (Wildman–Crippen MR) is 103 cm³/mol. The van der Waals surface area contributed by atoms with Gasteiger partial charge in [-0.1, -0.05) is 24.3 Å². The van der Waals surface area contributed by atoms with Crippen molar-refractivity contribution in [3.63, 3.8) is 0 Å². The molecule has 1 heterocycles. The van der Waals surface area contributed by atoms with E-state index in [4.69, 9.17) is 9.15 Å². The fourth-order valence-electron chi connectivity index (χ4n) is 4.43. The second-order valence-electron chi connectivity index (χ2n) is 6.85. The van der Waals surface area contributed by atoms with Crippen molar-refractivity contribution in [2.75, 3.05) is 7.11 Å². The van der Waals surface area contributed by atoms with E-state index < -0.39 is 0 Å². The van der Waals surface area contributed by atoms with Crippen LogP contribution in [0.15, 0.2) is 52.9 Å². The quantitative estimate of drug-likeness (QED) is 0.306. The minimum absolute atomic E-state index is 0.896. The summed E-state index contributed by atoms with van der Waals surface area (Å²) < 4.78 is 11.6. The summed E-state index contributed by atoms with van der Waals surface area (Å²) in [4.78, 5) is 0. The Bertz CT molecular complexity index is 1370. The first-order chi connectivity index (χ1) is 12.3. The van der Waals surface area contributed by atoms with Crippen molar-refractivity contribution in [3.8, 4) is 5.75 Å². The Kier molecular flexibility index (Phi) is 2.42. The van der Waals surface area contributed by atoms with Crippen LogP contribution in [-0.4, -0.2) is 7.11 Å². The van der Waals surface area contributed by atoms with E-state index in [0.717, 1.165) is 29.9 Å². The topological polar surface area (TPSA) is 22.4 Å². The molecule has 6 rings (SSSR count). The summed E-state index contributed by atoms with van der Waals surface area (Å²) in [5.41, 5.74) is 1.01. The van der Waals surface area contributed by atoms with E-state index in [9.17, 15) is 0 Å². The summed E-state index contributed by atoms with van der Waals surface area (Å²) >= 11 is 0. The third-order valence-electron chi connectivity index (χ3n) is 5.54. The largest absolute Gasteiger partial charge is 0.497 e. The molecular formula is C23H16O2. The van der Waals surface area contributed by atoms with Gasteiger partial charge in [0.2, 0.25) is 0 Å². The SMILES string of the molecule is COc1ccc2cc3c(cc2c1)c1c2c(oc4cccc3c42)CCC=1. The molecular weight excluding hydrogens is 308 g/mol. The maximum atomic E-state index is 6.19. The molecule has 25 heavy (non-hydrogen) atoms. The van der Waals surface area contributed by atoms with Crippen LogP contribution in [0.5, 0.6) is 5.75 Å². The van der Waals surface area contributed by atoms with Crippen molar-refractivity contribution >= 4 is 49.4 Å². The van der Waals surface area contributed by atoms with Gasteiger partial charge in [-0.05, 0) is 68.9 Å². The molecule has 0 N–H and O–H groups in total. The number of methoxy groups -OCH3 is 1. The van der Waals surface area contributed by atoms with Crippen LogP contribution in [0, 0.1) is 0 Å². The molecule has 0 radical (unpaired) electrons. The minimum atomic E-state index is 0.896. The van der Waals surface area contributed by atoms with E-state index in [1.54, 1.807) is 7.11 Å². The molecule has 0 aliphatic heterocycles. The van der Waals surface area contributed by atoms with E-state index in [1.807, 2.05) is 6.07 Å². The Hall–Kier alpha value is -3.00. The molecule has 1 aliphatic rings. The Balaban J connectivity index is 1.93. The molecule has 2 heteroatoms. The zero-order chi connectivity index (χ0) is 16.5. The maximum Gasteiger partial charge on any atom is 0.135 e. The van der Waals surface area contributed by atoms with Gasteiger partial charge >= 0.3 is 0 Å². The number of ether oxygens (including phenoxy) is 1. The van der Waals surface area contributed by atoms with Gasteiger partial charge in [0, 0.05) is 17.2 Å². The average molecular weight is 324 g/mol. The van der Waals surface area contributed by atoms with Gasteiger partial charge < -0.3 is 9.15 Å². The van der Waals surface area contributed by atoms with E-state index in [1.165, 1.54) is 42.9 Å². The summed E-state index contributed by atoms with van der Waals surface area (Å²) in [6.45, 7) is 0. The third-order valence-corrected chi connectivity index (χ3v) is 5.54. The van der Waals surface area contributed by atoms with Gasteiger partial charge in [0.05, 0.1) is 7.11 Å². The number of rotatable bonds is 1. The van der Waals surface area contributed by atoms with Crippen LogP contribution < -0.4 is 9.96 Å². The van der Waals surface area contributed by atoms with Gasteiger partial charge in [-0.15, -0.1) is 0 Å². The van der Waals surface area contributed by atoms with Crippen LogP contribution in [0.2, 0.25) is 0 Å². The predicted octanol–water partition coefficient (Wildman–Crippen LogP) is 5.35. The minimum Gasteiger partial charge on any atom is -0.497 e. The van der Waals surface area contributed by atoms with Crippen molar-refractivity contribution in [1.82, 2.24) is 0 Å². The highest BCUT2D eigenvalue weighted by molar-refractivity contribution is 6.23. The summed E-state index contributed by atoms with van der Waals surface area (Å²) in [7, 11) is 1.72. The van der Waals surface area contributed by atoms with Gasteiger partial charge in [-0.2, -0.15) is 0 Å². The lowest BCUT2D eigenvalue weighted by Gasteiger charge is -2.11. The summed E-state index contributed by atoms with van der Waals surface area (Å²) in [6, 6.07) is 17.3. The lowest BCUT2D eigenvalue weighted by molar-refractivity contribution is 0.415. The normalized spacial score (nSPS) is 13.8. The van der Waals surface area contributed by atoms with Crippen LogP contribution in [0.25, 0.3) is 49.4 Å². The van der Waals surface area contributed by atoms with Gasteiger partial charge in [-0.3, -0.25) is 0 Å². The van der Waals surface area contributed by atoms with Gasteiger partial charge in [-0.25, -0.2) is 0 Å². The molecule has 4 aromatic carbocycles. The third kappa shape index (κ3) is 1.64. The number of hydrogen-bond donors (Lipinski definition) is 0. The highest BCUT2D eigenvalue weighted by atomic mass is 16.5. The fourth-order valence-corrected chi connectivity index (χ4v) is 4.43. The molecule has 5 aromatic rings. The van der Waals surface area contributed by atoms with Crippen LogP contribution in [0.4, 0.5) is 0 Å². The number of hydrogen-bond acceptors (Lipinski definition) is 2. The van der Waals surface area contributed by atoms with E-state index in [2.05, 4.69) is 48.5 Å². The summed E-state index contributed by atoms with van der Waals surface area (Å²) in [6.07, 6.45) is 4.40. The first kappa shape index (κ1) is 13.3. The zero-order valence-corrected chi connectivity index (χ0v) is 13.9. The molecule has 2 nitrogen and oxygen atoms in total. The lowest BCUT2D eigenvalue weighted by atomic mass is 9.91. The molecule has 1 aromatic heterocycles. The molecule has 0 atom stereocenters. The molecule has 0 saturated heterocycles. The van der Waals surface area contributed by atoms with Gasteiger partial charge in [0.15, 0.2) is 0 Å². The molecule has 0 amide bonds. The van der Waals surface area contributed by atoms with Gasteiger partial charge in [0.25, 0.3) is 0 Å². The Morgan fingerprint density at radius 1 is 0.880 bits per heavy atom. The second kappa shape index (κ2) is 4.54. The molecule has 120 valence electrons. The molecule has 0 saturated carbocycles. The van der Waals surface area contributed by atoms with Crippen LogP contribution >= 0.6 is 0 Å². The van der Waals surface area contributed by atoms with Crippen LogP contribution in [-0.2, 0) is 6.42 Å². The first-order valence-corrected chi connectivity index (χ1v) is 8.71. The molecule has 0 bridgehead atoms. The van der Waals surface area contributed by atoms with Crippen molar-refractivity contribution in [2.45, 2.75) is 12.8 Å². The number of aryl methyl sites for hydroxylation is 1. The molecule has 0 spiro atoms. The van der Waals surface area contributed by atoms with E-state index in [-0.39, 0.29) is 0 Å². The van der Waals surface area contributed by atoms with E-state index in [0.29, 0.717) is 0 Å². The Morgan fingerprint density at radius 2 is 1.80 bits per heavy atom. The van der Waals surface area contributed by atoms with Crippen molar-refractivity contribution < 1.29 is 9.15 Å². The molecule has 0 fully saturated rings. The Labute approximate surface area is 144 Å². The zero-order valence-electron chi connectivity index (χ0n) is 13.9. The second-order valence-corrected chi connectivity index (χ2v) is 6.85. The standard InChI is InChI=1S/C23H16O2/c1-24-15-9-8-13-11-18-16-4-2-6-20-22(16)23-17(5-3-7-21(23)25-20)19(18)12-14(13)10-15/h2,4-6,8-12H,3,7H2,1H3. The van der Waals surface area contributed by atoms with Crippen LogP contribution in [0.3, 0.4) is 0 Å². The molecule has 1 aliphatic carbocycles. The lowest BCUT2D eigenvalue weighted by Crippen LogP contribution is -2.09. The average Bonchev–Trinajstić information content (AvgIpc) is 3.05. The molecule has 0 unspecified atom stereocenters. The van der Waals surface area contributed by atoms with E-state index >= 15 is 0 Å². The summed E-state index contributed by atoms with van der Waals surface area (Å²) in [5, 5.41) is 10.3. The fraction of sp³-hybridized carbons (Fsp3) is 0.130. The smallest absolute Gasteiger partial charge is 0.135 e.